The van der Waals surface area contributed by atoms with Gasteiger partial charge in [-0.2, -0.15) is 5.10 Å². The van der Waals surface area contributed by atoms with Crippen molar-refractivity contribution in [2.45, 2.75) is 6.92 Å². The van der Waals surface area contributed by atoms with Crippen molar-refractivity contribution in [1.29, 1.82) is 0 Å². The number of hydrogen-bond donors (Lipinski definition) is 0. The van der Waals surface area contributed by atoms with Crippen molar-refractivity contribution in [3.63, 3.8) is 0 Å². The van der Waals surface area contributed by atoms with E-state index < -0.39 is 0 Å². The van der Waals surface area contributed by atoms with Crippen LogP contribution in [0.2, 0.25) is 0 Å². The highest BCUT2D eigenvalue weighted by atomic mass is 79.9. The van der Waals surface area contributed by atoms with Gasteiger partial charge in [0.1, 0.15) is 0 Å². The van der Waals surface area contributed by atoms with E-state index in [2.05, 4.69) is 21.0 Å². The standard InChI is InChI=1S/C6H9BrN2O/c1-3-10-6-5(7)4-8-9(6)2/h4H,3H2,1-2H3. The monoisotopic (exact) mass is 204 g/mol. The highest BCUT2D eigenvalue weighted by molar-refractivity contribution is 9.10. The first-order valence-corrected chi connectivity index (χ1v) is 3.85. The highest BCUT2D eigenvalue weighted by Gasteiger charge is 2.04. The third-order valence-electron chi connectivity index (χ3n) is 1.12. The van der Waals surface area contributed by atoms with Gasteiger partial charge in [0.15, 0.2) is 0 Å². The molecule has 0 spiro atoms. The predicted octanol–water partition coefficient (Wildman–Crippen LogP) is 1.58. The average Bonchev–Trinajstić information content (AvgIpc) is 2.20. The summed E-state index contributed by atoms with van der Waals surface area (Å²) in [5.41, 5.74) is 0. The molecule has 0 atom stereocenters. The van der Waals surface area contributed by atoms with Gasteiger partial charge in [-0.05, 0) is 22.9 Å². The maximum absolute atomic E-state index is 5.26. The number of ether oxygens (including phenoxy) is 1. The lowest BCUT2D eigenvalue weighted by Crippen LogP contribution is -1.99. The fourth-order valence-corrected chi connectivity index (χ4v) is 1.16. The molecule has 0 aliphatic carbocycles. The maximum Gasteiger partial charge on any atom is 0.226 e. The second-order valence-electron chi connectivity index (χ2n) is 1.85. The van der Waals surface area contributed by atoms with Crippen LogP contribution in [0.1, 0.15) is 6.92 Å². The van der Waals surface area contributed by atoms with Crippen molar-refractivity contribution >= 4 is 15.9 Å². The van der Waals surface area contributed by atoms with Crippen molar-refractivity contribution in [3.8, 4) is 5.88 Å². The van der Waals surface area contributed by atoms with Crippen molar-refractivity contribution in [3.05, 3.63) is 10.7 Å². The predicted molar refractivity (Wildman–Crippen MR) is 42.1 cm³/mol. The van der Waals surface area contributed by atoms with Crippen molar-refractivity contribution in [2.24, 2.45) is 7.05 Å². The third-order valence-corrected chi connectivity index (χ3v) is 1.67. The number of nitrogens with zero attached hydrogens (tertiary/aromatic N) is 2. The molecule has 0 aromatic carbocycles. The van der Waals surface area contributed by atoms with Crippen LogP contribution in [0.15, 0.2) is 10.7 Å². The first-order valence-electron chi connectivity index (χ1n) is 3.06. The van der Waals surface area contributed by atoms with E-state index in [1.807, 2.05) is 14.0 Å². The molecule has 0 saturated heterocycles. The molecule has 1 aromatic rings. The molecule has 0 amide bonds. The molecule has 1 rings (SSSR count). The summed E-state index contributed by atoms with van der Waals surface area (Å²) in [6, 6.07) is 0. The lowest BCUT2D eigenvalue weighted by molar-refractivity contribution is 0.307. The summed E-state index contributed by atoms with van der Waals surface area (Å²) in [7, 11) is 1.84. The fourth-order valence-electron chi connectivity index (χ4n) is 0.699. The third kappa shape index (κ3) is 1.31. The molecule has 0 radical (unpaired) electrons. The molecule has 1 heterocycles. The molecule has 0 fully saturated rings. The lowest BCUT2D eigenvalue weighted by Gasteiger charge is -2.01. The fraction of sp³-hybridized carbons (Fsp3) is 0.500. The molecule has 0 aliphatic heterocycles. The maximum atomic E-state index is 5.26. The summed E-state index contributed by atoms with van der Waals surface area (Å²) in [6.07, 6.45) is 1.71. The second kappa shape index (κ2) is 3.05. The zero-order valence-corrected chi connectivity index (χ0v) is 7.55. The minimum atomic E-state index is 0.665. The Morgan fingerprint density at radius 3 is 2.90 bits per heavy atom. The van der Waals surface area contributed by atoms with Crippen LogP contribution in [0, 0.1) is 0 Å². The molecule has 0 N–H and O–H groups in total. The molecule has 0 saturated carbocycles. The van der Waals surface area contributed by atoms with Gasteiger partial charge in [0, 0.05) is 7.05 Å². The van der Waals surface area contributed by atoms with Crippen LogP contribution >= 0.6 is 15.9 Å². The van der Waals surface area contributed by atoms with Crippen LogP contribution in [-0.2, 0) is 7.05 Å². The van der Waals surface area contributed by atoms with Gasteiger partial charge in [-0.25, -0.2) is 4.68 Å². The molecule has 0 unspecified atom stereocenters. The van der Waals surface area contributed by atoms with E-state index in [-0.39, 0.29) is 0 Å². The summed E-state index contributed by atoms with van der Waals surface area (Å²) >= 11 is 3.31. The number of halogens is 1. The van der Waals surface area contributed by atoms with Crippen molar-refractivity contribution in [1.82, 2.24) is 9.78 Å². The zero-order chi connectivity index (χ0) is 7.56. The molecular formula is C6H9BrN2O. The van der Waals surface area contributed by atoms with E-state index in [9.17, 15) is 0 Å². The van der Waals surface area contributed by atoms with E-state index in [1.54, 1.807) is 10.9 Å². The molecule has 56 valence electrons. The van der Waals surface area contributed by atoms with E-state index in [0.29, 0.717) is 6.61 Å². The summed E-state index contributed by atoms with van der Waals surface area (Å²) in [5.74, 6) is 0.780. The molecular weight excluding hydrogens is 196 g/mol. The summed E-state index contributed by atoms with van der Waals surface area (Å²) < 4.78 is 7.85. The minimum absolute atomic E-state index is 0.665. The van der Waals surface area contributed by atoms with E-state index in [4.69, 9.17) is 4.74 Å². The van der Waals surface area contributed by atoms with E-state index in [0.717, 1.165) is 10.4 Å². The summed E-state index contributed by atoms with van der Waals surface area (Å²) in [4.78, 5) is 0. The van der Waals surface area contributed by atoms with Gasteiger partial charge < -0.3 is 4.74 Å². The quantitative estimate of drug-likeness (QED) is 0.732. The smallest absolute Gasteiger partial charge is 0.226 e. The van der Waals surface area contributed by atoms with Gasteiger partial charge in [-0.3, -0.25) is 0 Å². The van der Waals surface area contributed by atoms with Crippen LogP contribution in [0.3, 0.4) is 0 Å². The van der Waals surface area contributed by atoms with Gasteiger partial charge in [0.25, 0.3) is 0 Å². The van der Waals surface area contributed by atoms with Crippen LogP contribution < -0.4 is 4.74 Å². The SMILES string of the molecule is CCOc1c(Br)cnn1C. The van der Waals surface area contributed by atoms with Gasteiger partial charge in [-0.15, -0.1) is 0 Å². The Balaban J connectivity index is 2.87. The Morgan fingerprint density at radius 2 is 2.50 bits per heavy atom. The topological polar surface area (TPSA) is 27.1 Å². The number of aromatic nitrogens is 2. The Bertz CT molecular complexity index is 202. The largest absolute Gasteiger partial charge is 0.477 e. The molecule has 10 heavy (non-hydrogen) atoms. The normalized spacial score (nSPS) is 9.90. The number of hydrogen-bond acceptors (Lipinski definition) is 2. The lowest BCUT2D eigenvalue weighted by atomic mass is 10.7. The van der Waals surface area contributed by atoms with Crippen LogP contribution in [-0.4, -0.2) is 16.4 Å². The van der Waals surface area contributed by atoms with Crippen LogP contribution in [0.25, 0.3) is 0 Å². The molecule has 4 heteroatoms. The first-order chi connectivity index (χ1) is 4.75. The molecule has 0 aliphatic rings. The highest BCUT2D eigenvalue weighted by Crippen LogP contribution is 2.22. The second-order valence-corrected chi connectivity index (χ2v) is 2.71. The Labute approximate surface area is 68.1 Å². The molecule has 0 bridgehead atoms. The van der Waals surface area contributed by atoms with Crippen molar-refractivity contribution < 1.29 is 4.74 Å². The first kappa shape index (κ1) is 7.60. The summed E-state index contributed by atoms with van der Waals surface area (Å²) in [6.45, 7) is 2.61. The van der Waals surface area contributed by atoms with E-state index in [1.165, 1.54) is 0 Å². The number of rotatable bonds is 2. The van der Waals surface area contributed by atoms with Crippen LogP contribution in [0.5, 0.6) is 5.88 Å². The minimum Gasteiger partial charge on any atom is -0.477 e. The Hall–Kier alpha value is -0.510. The summed E-state index contributed by atoms with van der Waals surface area (Å²) in [5, 5.41) is 3.98. The zero-order valence-electron chi connectivity index (χ0n) is 5.97. The van der Waals surface area contributed by atoms with Gasteiger partial charge in [0.05, 0.1) is 17.3 Å². The Kier molecular flexibility index (Phi) is 2.32. The Morgan fingerprint density at radius 1 is 1.80 bits per heavy atom. The molecule has 3 nitrogen and oxygen atoms in total. The van der Waals surface area contributed by atoms with Crippen molar-refractivity contribution in [2.75, 3.05) is 6.61 Å². The van der Waals surface area contributed by atoms with E-state index >= 15 is 0 Å². The number of aryl methyl sites for hydroxylation is 1. The van der Waals surface area contributed by atoms with Gasteiger partial charge in [-0.1, -0.05) is 0 Å². The van der Waals surface area contributed by atoms with Gasteiger partial charge >= 0.3 is 0 Å². The van der Waals surface area contributed by atoms with Crippen LogP contribution in [0.4, 0.5) is 0 Å². The average molecular weight is 205 g/mol. The molecule has 1 aromatic heterocycles. The van der Waals surface area contributed by atoms with Gasteiger partial charge in [0.2, 0.25) is 5.88 Å².